The zero-order valence-electron chi connectivity index (χ0n) is 28.2. The first-order valence-corrected chi connectivity index (χ1v) is 16.9. The number of allylic oxidation sites excluding steroid dienone is 5. The zero-order chi connectivity index (χ0) is 34.0. The summed E-state index contributed by atoms with van der Waals surface area (Å²) >= 11 is 0. The van der Waals surface area contributed by atoms with Crippen LogP contribution in [0.1, 0.15) is 80.8 Å². The van der Waals surface area contributed by atoms with Crippen molar-refractivity contribution in [1.29, 1.82) is 0 Å². The number of aromatic nitrogens is 2. The second-order valence-corrected chi connectivity index (χ2v) is 12.8. The highest BCUT2D eigenvalue weighted by molar-refractivity contribution is 6.13. The van der Waals surface area contributed by atoms with Crippen molar-refractivity contribution < 1.29 is 19.4 Å². The molecule has 2 aliphatic rings. The van der Waals surface area contributed by atoms with Gasteiger partial charge in [-0.1, -0.05) is 94.0 Å². The molecule has 0 saturated heterocycles. The van der Waals surface area contributed by atoms with Crippen molar-refractivity contribution in [3.8, 4) is 5.75 Å². The Kier molecular flexibility index (Phi) is 11.6. The molecule has 248 valence electrons. The average Bonchev–Trinajstić information content (AvgIpc) is 3.40. The number of benzene rings is 2. The van der Waals surface area contributed by atoms with Crippen LogP contribution in [-0.4, -0.2) is 38.7 Å². The summed E-state index contributed by atoms with van der Waals surface area (Å²) in [4.78, 5) is 36.2. The van der Waals surface area contributed by atoms with E-state index in [9.17, 15) is 14.7 Å². The maximum Gasteiger partial charge on any atom is 0.326 e. The number of rotatable bonds is 13. The Labute approximate surface area is 283 Å². The molecule has 0 fully saturated rings. The molecule has 2 heterocycles. The van der Waals surface area contributed by atoms with Crippen LogP contribution >= 0.6 is 0 Å². The Morgan fingerprint density at radius 2 is 1.90 bits per heavy atom. The smallest absolute Gasteiger partial charge is 0.326 e. The van der Waals surface area contributed by atoms with E-state index in [-0.39, 0.29) is 30.0 Å². The Hall–Kier alpha value is -5.04. The number of imidazole rings is 1. The molecule has 1 aliphatic heterocycles. The lowest BCUT2D eigenvalue weighted by molar-refractivity contribution is -0.145. The molecule has 0 bridgehead atoms. The summed E-state index contributed by atoms with van der Waals surface area (Å²) in [7, 11) is 0. The van der Waals surface area contributed by atoms with Crippen LogP contribution in [0, 0.1) is 5.92 Å². The maximum atomic E-state index is 13.6. The van der Waals surface area contributed by atoms with Gasteiger partial charge in [-0.05, 0) is 79.0 Å². The predicted molar refractivity (Wildman–Crippen MR) is 193 cm³/mol. The van der Waals surface area contributed by atoms with Gasteiger partial charge in [0.15, 0.2) is 5.78 Å². The van der Waals surface area contributed by atoms with Gasteiger partial charge >= 0.3 is 5.97 Å². The molecule has 3 aromatic rings. The molecule has 0 radical (unpaired) electrons. The number of hydrogen-bond acceptors (Lipinski definition) is 6. The van der Waals surface area contributed by atoms with Gasteiger partial charge in [0.25, 0.3) is 0 Å². The Morgan fingerprint density at radius 3 is 2.67 bits per heavy atom. The molecule has 7 nitrogen and oxygen atoms in total. The van der Waals surface area contributed by atoms with E-state index in [1.54, 1.807) is 23.0 Å². The third-order valence-electron chi connectivity index (χ3n) is 8.40. The molecule has 0 amide bonds. The van der Waals surface area contributed by atoms with Crippen LogP contribution in [0.2, 0.25) is 0 Å². The van der Waals surface area contributed by atoms with Gasteiger partial charge in [-0.3, -0.25) is 14.6 Å². The maximum absolute atomic E-state index is 13.6. The van der Waals surface area contributed by atoms with E-state index < -0.39 is 0 Å². The molecule has 1 N–H and O–H groups in total. The number of hydrogen-bond donors (Lipinski definition) is 1. The largest absolute Gasteiger partial charge is 0.508 e. The fraction of sp³-hybridized carbons (Fsp3) is 0.317. The summed E-state index contributed by atoms with van der Waals surface area (Å²) in [5, 5.41) is 10.9. The summed E-state index contributed by atoms with van der Waals surface area (Å²) in [5.41, 5.74) is 6.98. The molecule has 0 spiro atoms. The van der Waals surface area contributed by atoms with E-state index in [4.69, 9.17) is 14.7 Å². The predicted octanol–water partition coefficient (Wildman–Crippen LogP) is 7.05. The number of esters is 1. The van der Waals surface area contributed by atoms with Crippen LogP contribution in [-0.2, 0) is 22.5 Å². The highest BCUT2D eigenvalue weighted by Gasteiger charge is 2.23. The number of aryl methyl sites for hydroxylation is 1. The molecule has 2 aromatic carbocycles. The van der Waals surface area contributed by atoms with Crippen LogP contribution in [0.3, 0.4) is 0 Å². The van der Waals surface area contributed by atoms with E-state index in [0.29, 0.717) is 36.1 Å². The van der Waals surface area contributed by atoms with E-state index >= 15 is 0 Å². The summed E-state index contributed by atoms with van der Waals surface area (Å²) in [6, 6.07) is 14.9. The van der Waals surface area contributed by atoms with Crippen molar-refractivity contribution in [2.24, 2.45) is 10.9 Å². The van der Waals surface area contributed by atoms with Crippen LogP contribution in [0.4, 0.5) is 0 Å². The normalized spacial score (nSPS) is 15.8. The van der Waals surface area contributed by atoms with Crippen LogP contribution in [0.15, 0.2) is 101 Å². The minimum Gasteiger partial charge on any atom is -0.508 e. The fourth-order valence-corrected chi connectivity index (χ4v) is 5.89. The first kappa shape index (κ1) is 34.3. The number of Topliss-reactive ketones (excluding diaryl/α,β-unsaturated/α-hetero) is 1. The number of carbonyl (C=O) groups is 2. The number of phenolic OH excluding ortho intramolecular Hbond substituents is 1. The number of carbonyl (C=O) groups excluding carboxylic acids is 2. The second kappa shape index (κ2) is 16.2. The van der Waals surface area contributed by atoms with Crippen LogP contribution in [0.5, 0.6) is 5.75 Å². The van der Waals surface area contributed by atoms with E-state index in [1.807, 2.05) is 62.4 Å². The van der Waals surface area contributed by atoms with Gasteiger partial charge in [-0.15, -0.1) is 0 Å². The lowest BCUT2D eigenvalue weighted by atomic mass is 9.86. The van der Waals surface area contributed by atoms with Crippen molar-refractivity contribution in [3.63, 3.8) is 0 Å². The number of phenols is 1. The molecule has 1 aliphatic carbocycles. The molecular formula is C41H45N3O4. The quantitative estimate of drug-likeness (QED) is 0.0933. The van der Waals surface area contributed by atoms with Crippen molar-refractivity contribution in [1.82, 2.24) is 9.55 Å². The standard InChI is InChI=1S/C41H45N3O4/c1-5-11-31(13-8-6-7-12-30-16-20-34(45)21-17-30)23-36-29(4)22-38-40(42-27-44(38)25-39(46)48-26-28(2)3)37(43-36)24-33-19-18-32-14-9-10-15-35(32)41(33)47/h7,9-10,12-17,20-22,24,27-28,45H,4-6,8,11,18-19,23,25-26H2,1-3H3/b12-7+,31-13+,33-24-. The lowest BCUT2D eigenvalue weighted by Gasteiger charge is -2.17. The first-order chi connectivity index (χ1) is 23.2. The second-order valence-electron chi connectivity index (χ2n) is 12.8. The van der Waals surface area contributed by atoms with Gasteiger partial charge in [-0.2, -0.15) is 0 Å². The van der Waals surface area contributed by atoms with Gasteiger partial charge in [0.1, 0.15) is 17.6 Å². The SMILES string of the molecule is C=C1C=c2c(ncn2CC(=O)OCC(C)C)=C(/C=C2/CCc3ccccc3C2=O)N=C1C/C(=C/CC/C=C/c1ccc(O)cc1)CCC. The summed E-state index contributed by atoms with van der Waals surface area (Å²) in [6.45, 7) is 10.9. The number of aliphatic imine (C=N–C) groups is 1. The fourth-order valence-electron chi connectivity index (χ4n) is 5.89. The number of ether oxygens (including phenoxy) is 1. The minimum absolute atomic E-state index is 0.0123. The van der Waals surface area contributed by atoms with E-state index in [0.717, 1.165) is 65.4 Å². The number of fused-ring (bicyclic) bond motifs is 2. The number of unbranched alkanes of at least 4 members (excludes halogenated alkanes) is 1. The Bertz CT molecular complexity index is 1920. The molecule has 1 aromatic heterocycles. The van der Waals surface area contributed by atoms with Crippen LogP contribution in [0.25, 0.3) is 17.8 Å². The molecule has 48 heavy (non-hydrogen) atoms. The van der Waals surface area contributed by atoms with Crippen molar-refractivity contribution in [2.45, 2.75) is 72.3 Å². The monoisotopic (exact) mass is 643 g/mol. The van der Waals surface area contributed by atoms with Gasteiger partial charge in [-0.25, -0.2) is 4.98 Å². The molecule has 5 rings (SSSR count). The summed E-state index contributed by atoms with van der Waals surface area (Å²) in [5.74, 6) is 0.177. The Balaban J connectivity index is 1.46. The topological polar surface area (TPSA) is 93.8 Å². The summed E-state index contributed by atoms with van der Waals surface area (Å²) < 4.78 is 7.25. The van der Waals surface area contributed by atoms with E-state index in [1.165, 1.54) is 5.57 Å². The molecule has 7 heteroatoms. The molecule has 0 atom stereocenters. The number of aromatic hydroxyl groups is 1. The molecule has 0 unspecified atom stereocenters. The number of ketones is 1. The van der Waals surface area contributed by atoms with Crippen molar-refractivity contribution >= 4 is 35.3 Å². The third kappa shape index (κ3) is 8.85. The van der Waals surface area contributed by atoms with Gasteiger partial charge in [0.05, 0.1) is 29.7 Å². The summed E-state index contributed by atoms with van der Waals surface area (Å²) in [6.07, 6.45) is 17.7. The first-order valence-electron chi connectivity index (χ1n) is 16.9. The molecular weight excluding hydrogens is 598 g/mol. The van der Waals surface area contributed by atoms with Gasteiger partial charge in [0.2, 0.25) is 0 Å². The van der Waals surface area contributed by atoms with E-state index in [2.05, 4.69) is 31.7 Å². The van der Waals surface area contributed by atoms with Crippen molar-refractivity contribution in [2.75, 3.05) is 6.61 Å². The third-order valence-corrected chi connectivity index (χ3v) is 8.40. The van der Waals surface area contributed by atoms with Crippen LogP contribution < -0.4 is 10.7 Å². The highest BCUT2D eigenvalue weighted by Crippen LogP contribution is 2.27. The lowest BCUT2D eigenvalue weighted by Crippen LogP contribution is -2.33. The van der Waals surface area contributed by atoms with Crippen molar-refractivity contribution in [3.05, 3.63) is 124 Å². The minimum atomic E-state index is -0.333. The highest BCUT2D eigenvalue weighted by atomic mass is 16.5. The van der Waals surface area contributed by atoms with Gasteiger partial charge < -0.3 is 14.4 Å². The zero-order valence-corrected chi connectivity index (χ0v) is 28.2. The number of nitrogens with zero attached hydrogens (tertiary/aromatic N) is 3. The molecule has 0 saturated carbocycles. The van der Waals surface area contributed by atoms with Gasteiger partial charge in [0, 0.05) is 17.6 Å². The average molecular weight is 644 g/mol. The Morgan fingerprint density at radius 1 is 1.10 bits per heavy atom.